The van der Waals surface area contributed by atoms with Gasteiger partial charge in [-0.2, -0.15) is 0 Å². The largest absolute Gasteiger partial charge is 0.466 e. The van der Waals surface area contributed by atoms with Gasteiger partial charge >= 0.3 is 5.97 Å². The third kappa shape index (κ3) is 6.82. The number of carbonyl (C=O) groups is 2. The van der Waals surface area contributed by atoms with Crippen LogP contribution in [0.3, 0.4) is 0 Å². The molecule has 1 aliphatic carbocycles. The second-order valence-corrected chi connectivity index (χ2v) is 9.58. The molecule has 1 fully saturated rings. The first-order valence-corrected chi connectivity index (χ1v) is 12.7. The lowest BCUT2D eigenvalue weighted by Gasteiger charge is -2.30. The molecule has 192 valence electrons. The van der Waals surface area contributed by atoms with Gasteiger partial charge in [0.05, 0.1) is 19.3 Å². The van der Waals surface area contributed by atoms with E-state index in [1.807, 2.05) is 84.6 Å². The molecule has 3 aromatic rings. The molecule has 1 saturated carbocycles. The third-order valence-electron chi connectivity index (χ3n) is 6.71. The molecule has 0 saturated heterocycles. The van der Waals surface area contributed by atoms with Crippen LogP contribution < -0.4 is 9.80 Å². The van der Waals surface area contributed by atoms with Crippen molar-refractivity contribution in [1.82, 2.24) is 10.2 Å². The first-order valence-electron chi connectivity index (χ1n) is 12.7. The molecule has 0 bridgehead atoms. The molecule has 4 rings (SSSR count). The van der Waals surface area contributed by atoms with Gasteiger partial charge in [-0.25, -0.2) is 4.79 Å². The van der Waals surface area contributed by atoms with E-state index in [4.69, 9.17) is 4.74 Å². The first-order chi connectivity index (χ1) is 17.9. The van der Waals surface area contributed by atoms with Crippen LogP contribution in [0.4, 0.5) is 11.5 Å². The van der Waals surface area contributed by atoms with Gasteiger partial charge in [0, 0.05) is 37.3 Å². The molecule has 1 aliphatic rings. The van der Waals surface area contributed by atoms with E-state index >= 15 is 0 Å². The number of methoxy groups -OCH3 is 1. The van der Waals surface area contributed by atoms with E-state index in [2.05, 4.69) is 10.2 Å². The number of hydrogen-bond donors (Lipinski definition) is 0. The maximum atomic E-state index is 13.7. The van der Waals surface area contributed by atoms with E-state index in [9.17, 15) is 9.59 Å². The summed E-state index contributed by atoms with van der Waals surface area (Å²) < 4.78 is 4.70. The van der Waals surface area contributed by atoms with Crippen LogP contribution in [-0.2, 0) is 20.9 Å². The van der Waals surface area contributed by atoms with Gasteiger partial charge in [0.15, 0.2) is 5.82 Å². The van der Waals surface area contributed by atoms with Crippen molar-refractivity contribution < 1.29 is 14.3 Å². The van der Waals surface area contributed by atoms with Crippen LogP contribution in [0.5, 0.6) is 0 Å². The highest BCUT2D eigenvalue weighted by Crippen LogP contribution is 2.30. The number of benzene rings is 2. The number of ether oxygens (including phenoxy) is 1. The summed E-state index contributed by atoms with van der Waals surface area (Å²) in [7, 11) is 5.22. The quantitative estimate of drug-likeness (QED) is 0.301. The Balaban J connectivity index is 1.58. The van der Waals surface area contributed by atoms with Crippen LogP contribution in [0.25, 0.3) is 17.3 Å². The average molecular weight is 499 g/mol. The standard InChI is InChI=1S/C30H34N4O3/c1-33(2)28-18-17-27(31-32-28)24-15-12-23(13-16-24)21-34(30(36)25-9-5-4-6-10-25)26-11-7-8-22(20-26)14-19-29(35)37-3/h7-8,11-20,25H,4-6,9-10,21H2,1-3H3/b19-14+. The molecule has 0 aliphatic heterocycles. The zero-order valence-corrected chi connectivity index (χ0v) is 21.8. The maximum absolute atomic E-state index is 13.7. The highest BCUT2D eigenvalue weighted by Gasteiger charge is 2.27. The molecule has 1 aromatic heterocycles. The summed E-state index contributed by atoms with van der Waals surface area (Å²) in [4.78, 5) is 29.1. The highest BCUT2D eigenvalue weighted by molar-refractivity contribution is 5.95. The Hall–Kier alpha value is -4.00. The Morgan fingerprint density at radius 3 is 2.38 bits per heavy atom. The summed E-state index contributed by atoms with van der Waals surface area (Å²) in [6.45, 7) is 0.463. The van der Waals surface area contributed by atoms with Crippen LogP contribution in [-0.4, -0.2) is 43.3 Å². The van der Waals surface area contributed by atoms with Crippen molar-refractivity contribution in [3.05, 3.63) is 77.9 Å². The van der Waals surface area contributed by atoms with Crippen molar-refractivity contribution in [3.63, 3.8) is 0 Å². The Morgan fingerprint density at radius 2 is 1.73 bits per heavy atom. The molecule has 0 unspecified atom stereocenters. The maximum Gasteiger partial charge on any atom is 0.330 e. The minimum atomic E-state index is -0.415. The fourth-order valence-electron chi connectivity index (χ4n) is 4.58. The number of anilines is 2. The van der Waals surface area contributed by atoms with Gasteiger partial charge in [0.25, 0.3) is 0 Å². The van der Waals surface area contributed by atoms with Crippen molar-refractivity contribution >= 4 is 29.5 Å². The summed E-state index contributed by atoms with van der Waals surface area (Å²) in [6.07, 6.45) is 8.32. The lowest BCUT2D eigenvalue weighted by atomic mass is 9.88. The Morgan fingerprint density at radius 1 is 0.973 bits per heavy atom. The second kappa shape index (κ2) is 12.3. The monoisotopic (exact) mass is 498 g/mol. The van der Waals surface area contributed by atoms with Crippen molar-refractivity contribution in [2.24, 2.45) is 5.92 Å². The Labute approximate surface area is 218 Å². The zero-order chi connectivity index (χ0) is 26.2. The minimum absolute atomic E-state index is 0.0350. The van der Waals surface area contributed by atoms with E-state index < -0.39 is 5.97 Å². The smallest absolute Gasteiger partial charge is 0.330 e. The molecule has 7 nitrogen and oxygen atoms in total. The SMILES string of the molecule is COC(=O)/C=C/c1cccc(N(Cc2ccc(-c3ccc(N(C)C)nn3)cc2)C(=O)C2CCCCC2)c1. The predicted molar refractivity (Wildman–Crippen MR) is 147 cm³/mol. The molecule has 0 N–H and O–H groups in total. The number of rotatable bonds is 8. The molecule has 0 atom stereocenters. The fraction of sp³-hybridized carbons (Fsp3) is 0.333. The Kier molecular flexibility index (Phi) is 8.67. The number of amides is 1. The van der Waals surface area contributed by atoms with Gasteiger partial charge in [-0.15, -0.1) is 10.2 Å². The predicted octanol–water partition coefficient (Wildman–Crippen LogP) is 5.51. The number of carbonyl (C=O) groups excluding carboxylic acids is 2. The lowest BCUT2D eigenvalue weighted by molar-refractivity contribution is -0.134. The molecule has 0 spiro atoms. The Bertz CT molecular complexity index is 1230. The molecule has 1 amide bonds. The van der Waals surface area contributed by atoms with Crippen LogP contribution in [0.2, 0.25) is 0 Å². The number of hydrogen-bond acceptors (Lipinski definition) is 6. The number of nitrogens with zero attached hydrogens (tertiary/aromatic N) is 4. The highest BCUT2D eigenvalue weighted by atomic mass is 16.5. The van der Waals surface area contributed by atoms with Crippen LogP contribution >= 0.6 is 0 Å². The van der Waals surface area contributed by atoms with Gasteiger partial charge in [-0.3, -0.25) is 4.79 Å². The summed E-state index contributed by atoms with van der Waals surface area (Å²) in [5, 5.41) is 8.62. The van der Waals surface area contributed by atoms with E-state index in [0.29, 0.717) is 6.54 Å². The summed E-state index contributed by atoms with van der Waals surface area (Å²) in [5.41, 5.74) is 4.46. The molecule has 37 heavy (non-hydrogen) atoms. The van der Waals surface area contributed by atoms with Gasteiger partial charge in [-0.05, 0) is 54.3 Å². The van der Waals surface area contributed by atoms with Gasteiger partial charge in [0.1, 0.15) is 0 Å². The van der Waals surface area contributed by atoms with E-state index in [-0.39, 0.29) is 11.8 Å². The van der Waals surface area contributed by atoms with E-state index in [0.717, 1.165) is 59.6 Å². The van der Waals surface area contributed by atoms with Crippen LogP contribution in [0.1, 0.15) is 43.2 Å². The molecular formula is C30H34N4O3. The zero-order valence-electron chi connectivity index (χ0n) is 21.8. The normalized spacial score (nSPS) is 13.9. The molecule has 1 heterocycles. The summed E-state index contributed by atoms with van der Waals surface area (Å²) in [5.74, 6) is 0.582. The minimum Gasteiger partial charge on any atom is -0.466 e. The van der Waals surface area contributed by atoms with Gasteiger partial charge in [0.2, 0.25) is 5.91 Å². The van der Waals surface area contributed by atoms with E-state index in [1.54, 1.807) is 6.08 Å². The summed E-state index contributed by atoms with van der Waals surface area (Å²) in [6, 6.07) is 19.7. The first kappa shape index (κ1) is 26.1. The van der Waals surface area contributed by atoms with Crippen molar-refractivity contribution in [2.45, 2.75) is 38.6 Å². The second-order valence-electron chi connectivity index (χ2n) is 9.58. The molecule has 7 heteroatoms. The van der Waals surface area contributed by atoms with Gasteiger partial charge < -0.3 is 14.5 Å². The topological polar surface area (TPSA) is 75.6 Å². The van der Waals surface area contributed by atoms with Crippen molar-refractivity contribution in [1.29, 1.82) is 0 Å². The molecule has 2 aromatic carbocycles. The lowest BCUT2D eigenvalue weighted by Crippen LogP contribution is -2.36. The molecular weight excluding hydrogens is 464 g/mol. The molecule has 0 radical (unpaired) electrons. The summed E-state index contributed by atoms with van der Waals surface area (Å²) >= 11 is 0. The van der Waals surface area contributed by atoms with Crippen LogP contribution in [0.15, 0.2) is 66.7 Å². The van der Waals surface area contributed by atoms with E-state index in [1.165, 1.54) is 19.6 Å². The average Bonchev–Trinajstić information content (AvgIpc) is 2.95. The fourth-order valence-corrected chi connectivity index (χ4v) is 4.58. The number of aromatic nitrogens is 2. The van der Waals surface area contributed by atoms with Crippen LogP contribution in [0, 0.1) is 5.92 Å². The van der Waals surface area contributed by atoms with Crippen molar-refractivity contribution in [2.75, 3.05) is 31.0 Å². The van der Waals surface area contributed by atoms with Crippen molar-refractivity contribution in [3.8, 4) is 11.3 Å². The third-order valence-corrected chi connectivity index (χ3v) is 6.71. The van der Waals surface area contributed by atoms with Gasteiger partial charge in [-0.1, -0.05) is 55.7 Å². The number of esters is 1.